The number of aliphatic hydroxyl groups excluding tert-OH is 1. The van der Waals surface area contributed by atoms with Gasteiger partial charge in [-0.05, 0) is 44.2 Å². The number of rotatable bonds is 6. The standard InChI is InChI=1S/C25H39N7O2/c1-29-24-21(6-7-22(27-24)32-11-4-2-3-5-12-32)23(28-29)25(34)26-19-8-13-30(14-9-19)16-17-31-15-10-20(33)18-31/h6-7,19-20,33H,2-5,8-18H2,1H3,(H,26,34)/t20-/m1/s1. The van der Waals surface area contributed by atoms with Crippen LogP contribution in [0.15, 0.2) is 12.1 Å². The molecule has 2 aromatic rings. The molecule has 5 rings (SSSR count). The third-order valence-corrected chi connectivity index (χ3v) is 7.72. The summed E-state index contributed by atoms with van der Waals surface area (Å²) in [5, 5.41) is 18.3. The summed E-state index contributed by atoms with van der Waals surface area (Å²) in [5.41, 5.74) is 1.25. The van der Waals surface area contributed by atoms with Gasteiger partial charge in [-0.3, -0.25) is 9.69 Å². The van der Waals surface area contributed by atoms with Gasteiger partial charge in [-0.15, -0.1) is 0 Å². The number of aliphatic hydroxyl groups is 1. The molecule has 0 saturated carbocycles. The number of nitrogens with zero attached hydrogens (tertiary/aromatic N) is 6. The lowest BCUT2D eigenvalue weighted by Crippen LogP contribution is -2.46. The Kier molecular flexibility index (Phi) is 7.32. The molecule has 0 spiro atoms. The Morgan fingerprint density at radius 3 is 2.41 bits per heavy atom. The molecule has 186 valence electrons. The van der Waals surface area contributed by atoms with Gasteiger partial charge >= 0.3 is 0 Å². The third kappa shape index (κ3) is 5.37. The topological polar surface area (TPSA) is 89.8 Å². The van der Waals surface area contributed by atoms with Gasteiger partial charge in [0.25, 0.3) is 5.91 Å². The van der Waals surface area contributed by atoms with Gasteiger partial charge in [0, 0.05) is 65.4 Å². The van der Waals surface area contributed by atoms with Crippen LogP contribution in [0.2, 0.25) is 0 Å². The highest BCUT2D eigenvalue weighted by atomic mass is 16.3. The van der Waals surface area contributed by atoms with E-state index < -0.39 is 0 Å². The van der Waals surface area contributed by atoms with E-state index in [0.717, 1.165) is 88.5 Å². The number of carbonyl (C=O) groups is 1. The molecule has 0 aliphatic carbocycles. The van der Waals surface area contributed by atoms with Gasteiger partial charge in [-0.1, -0.05) is 12.8 Å². The van der Waals surface area contributed by atoms with Crippen molar-refractivity contribution in [2.45, 2.75) is 57.1 Å². The molecule has 34 heavy (non-hydrogen) atoms. The van der Waals surface area contributed by atoms with Crippen molar-refractivity contribution in [2.75, 3.05) is 57.3 Å². The van der Waals surface area contributed by atoms with Gasteiger partial charge in [0.2, 0.25) is 0 Å². The number of nitrogens with one attached hydrogen (secondary N) is 1. The largest absolute Gasteiger partial charge is 0.392 e. The number of β-amino-alcohol motifs (C(OH)–C–C–N with tert-alkyl or cyclic N) is 1. The van der Waals surface area contributed by atoms with E-state index in [1.807, 2.05) is 19.2 Å². The Labute approximate surface area is 202 Å². The third-order valence-electron chi connectivity index (χ3n) is 7.72. The maximum Gasteiger partial charge on any atom is 0.272 e. The Bertz CT molecular complexity index is 977. The molecule has 3 aliphatic heterocycles. The number of pyridine rings is 1. The number of aryl methyl sites for hydroxylation is 1. The molecule has 0 radical (unpaired) electrons. The minimum absolute atomic E-state index is 0.0978. The molecule has 9 nitrogen and oxygen atoms in total. The Morgan fingerprint density at radius 2 is 1.71 bits per heavy atom. The minimum atomic E-state index is -0.153. The second-order valence-corrected chi connectivity index (χ2v) is 10.2. The van der Waals surface area contributed by atoms with Crippen molar-refractivity contribution in [3.05, 3.63) is 17.8 Å². The molecule has 5 heterocycles. The SMILES string of the molecule is Cn1nc(C(=O)NC2CCN(CCN3CC[C@@H](O)C3)CC2)c2ccc(N3CCCCCC3)nc21. The molecular formula is C25H39N7O2. The lowest BCUT2D eigenvalue weighted by Gasteiger charge is -2.33. The van der Waals surface area contributed by atoms with Crippen molar-refractivity contribution in [1.82, 2.24) is 29.9 Å². The van der Waals surface area contributed by atoms with E-state index in [2.05, 4.69) is 25.1 Å². The predicted molar refractivity (Wildman–Crippen MR) is 133 cm³/mol. The molecule has 2 aromatic heterocycles. The monoisotopic (exact) mass is 469 g/mol. The second-order valence-electron chi connectivity index (χ2n) is 10.2. The lowest BCUT2D eigenvalue weighted by molar-refractivity contribution is 0.0903. The average Bonchev–Trinajstić information content (AvgIpc) is 3.29. The minimum Gasteiger partial charge on any atom is -0.392 e. The van der Waals surface area contributed by atoms with Crippen LogP contribution in [-0.2, 0) is 7.05 Å². The first-order valence-electron chi connectivity index (χ1n) is 13.1. The van der Waals surface area contributed by atoms with Crippen molar-refractivity contribution < 1.29 is 9.90 Å². The maximum absolute atomic E-state index is 13.1. The fourth-order valence-electron chi connectivity index (χ4n) is 5.62. The summed E-state index contributed by atoms with van der Waals surface area (Å²) in [6.07, 6.45) is 7.64. The highest BCUT2D eigenvalue weighted by molar-refractivity contribution is 6.04. The number of anilines is 1. The highest BCUT2D eigenvalue weighted by Gasteiger charge is 2.26. The van der Waals surface area contributed by atoms with Crippen molar-refractivity contribution >= 4 is 22.8 Å². The summed E-state index contributed by atoms with van der Waals surface area (Å²) >= 11 is 0. The van der Waals surface area contributed by atoms with Crippen LogP contribution in [0.4, 0.5) is 5.82 Å². The van der Waals surface area contributed by atoms with Crippen LogP contribution in [0.1, 0.15) is 55.4 Å². The predicted octanol–water partition coefficient (Wildman–Crippen LogP) is 1.61. The Balaban J connectivity index is 1.16. The van der Waals surface area contributed by atoms with Crippen LogP contribution >= 0.6 is 0 Å². The molecule has 0 aromatic carbocycles. The van der Waals surface area contributed by atoms with Crippen LogP contribution in [0.25, 0.3) is 11.0 Å². The van der Waals surface area contributed by atoms with Crippen LogP contribution in [-0.4, -0.2) is 100 Å². The maximum atomic E-state index is 13.1. The zero-order chi connectivity index (χ0) is 23.5. The molecule has 0 unspecified atom stereocenters. The lowest BCUT2D eigenvalue weighted by atomic mass is 10.0. The molecule has 3 saturated heterocycles. The zero-order valence-corrected chi connectivity index (χ0v) is 20.5. The van der Waals surface area contributed by atoms with Gasteiger partial charge in [0.1, 0.15) is 5.82 Å². The van der Waals surface area contributed by atoms with Gasteiger partial charge in [0.05, 0.1) is 11.5 Å². The molecule has 1 atom stereocenters. The Hall–Kier alpha value is -2.23. The molecule has 3 aliphatic rings. The first-order chi connectivity index (χ1) is 16.6. The number of aromatic nitrogens is 3. The van der Waals surface area contributed by atoms with Gasteiger partial charge in [0.15, 0.2) is 11.3 Å². The zero-order valence-electron chi connectivity index (χ0n) is 20.5. The summed E-state index contributed by atoms with van der Waals surface area (Å²) in [7, 11) is 1.87. The summed E-state index contributed by atoms with van der Waals surface area (Å²) in [6.45, 7) is 7.92. The molecule has 9 heteroatoms. The first kappa shape index (κ1) is 23.5. The van der Waals surface area contributed by atoms with Crippen molar-refractivity contribution in [3.63, 3.8) is 0 Å². The van der Waals surface area contributed by atoms with Crippen molar-refractivity contribution in [3.8, 4) is 0 Å². The quantitative estimate of drug-likeness (QED) is 0.664. The van der Waals surface area contributed by atoms with E-state index in [1.54, 1.807) is 4.68 Å². The van der Waals surface area contributed by atoms with Gasteiger partial charge in [-0.25, -0.2) is 9.67 Å². The molecule has 0 bridgehead atoms. The van der Waals surface area contributed by atoms with Crippen LogP contribution < -0.4 is 10.2 Å². The molecule has 3 fully saturated rings. The number of hydrogen-bond donors (Lipinski definition) is 2. The number of hydrogen-bond acceptors (Lipinski definition) is 7. The van der Waals surface area contributed by atoms with Crippen molar-refractivity contribution in [1.29, 1.82) is 0 Å². The fraction of sp³-hybridized carbons (Fsp3) is 0.720. The fourth-order valence-corrected chi connectivity index (χ4v) is 5.62. The number of piperidine rings is 1. The highest BCUT2D eigenvalue weighted by Crippen LogP contribution is 2.23. The number of carbonyl (C=O) groups excluding carboxylic acids is 1. The molecule has 1 amide bonds. The van der Waals surface area contributed by atoms with E-state index in [9.17, 15) is 9.90 Å². The van der Waals surface area contributed by atoms with E-state index in [-0.39, 0.29) is 18.1 Å². The smallest absolute Gasteiger partial charge is 0.272 e. The van der Waals surface area contributed by atoms with Crippen molar-refractivity contribution in [2.24, 2.45) is 7.05 Å². The first-order valence-corrected chi connectivity index (χ1v) is 13.1. The van der Waals surface area contributed by atoms with E-state index >= 15 is 0 Å². The Morgan fingerprint density at radius 1 is 1.00 bits per heavy atom. The van der Waals surface area contributed by atoms with Crippen LogP contribution in [0.5, 0.6) is 0 Å². The summed E-state index contributed by atoms with van der Waals surface area (Å²) in [6, 6.07) is 4.24. The number of amides is 1. The second kappa shape index (κ2) is 10.6. The summed E-state index contributed by atoms with van der Waals surface area (Å²) < 4.78 is 1.74. The van der Waals surface area contributed by atoms with Gasteiger partial charge < -0.3 is 20.2 Å². The molecule has 2 N–H and O–H groups in total. The van der Waals surface area contributed by atoms with Crippen LogP contribution in [0.3, 0.4) is 0 Å². The number of likely N-dealkylation sites (tertiary alicyclic amines) is 2. The van der Waals surface area contributed by atoms with Gasteiger partial charge in [-0.2, -0.15) is 5.10 Å². The van der Waals surface area contributed by atoms with Crippen LogP contribution in [0, 0.1) is 0 Å². The van der Waals surface area contributed by atoms with E-state index in [4.69, 9.17) is 4.98 Å². The molecular weight excluding hydrogens is 430 g/mol. The van der Waals surface area contributed by atoms with E-state index in [1.165, 1.54) is 25.7 Å². The summed E-state index contributed by atoms with van der Waals surface area (Å²) in [5.74, 6) is 0.889. The average molecular weight is 470 g/mol. The number of fused-ring (bicyclic) bond motifs is 1. The summed E-state index contributed by atoms with van der Waals surface area (Å²) in [4.78, 5) is 25.2. The normalized spacial score (nSPS) is 23.5. The van der Waals surface area contributed by atoms with E-state index in [0.29, 0.717) is 5.69 Å².